The smallest absolute Gasteiger partial charge is 0.226 e. The lowest BCUT2D eigenvalue weighted by Crippen LogP contribution is -2.30. The van der Waals surface area contributed by atoms with Crippen LogP contribution in [0.4, 0.5) is 0 Å². The Morgan fingerprint density at radius 2 is 2.30 bits per heavy atom. The van der Waals surface area contributed by atoms with E-state index in [1.807, 2.05) is 24.0 Å². The average Bonchev–Trinajstić information content (AvgIpc) is 3.03. The highest BCUT2D eigenvalue weighted by molar-refractivity contribution is 4.99. The number of unbranched alkanes of at least 4 members (excludes halogenated alkanes) is 1. The molecule has 2 rings (SSSR count). The summed E-state index contributed by atoms with van der Waals surface area (Å²) in [6.45, 7) is 7.76. The normalized spacial score (nSPS) is 12.8. The highest BCUT2D eigenvalue weighted by Gasteiger charge is 2.08. The number of aromatic nitrogens is 4. The SMILES string of the molecule is CCCCc1nc(CN[C@@H](C)Cn2cc(C)cn2)no1. The fourth-order valence-corrected chi connectivity index (χ4v) is 1.97. The predicted molar refractivity (Wildman–Crippen MR) is 76.2 cm³/mol. The zero-order valence-electron chi connectivity index (χ0n) is 12.5. The molecule has 0 saturated heterocycles. The molecule has 0 aliphatic rings. The van der Waals surface area contributed by atoms with Crippen molar-refractivity contribution in [2.75, 3.05) is 0 Å². The molecule has 0 aliphatic heterocycles. The van der Waals surface area contributed by atoms with Crippen LogP contribution in [-0.4, -0.2) is 26.0 Å². The largest absolute Gasteiger partial charge is 0.339 e. The Bertz CT molecular complexity index is 519. The molecule has 0 aromatic carbocycles. The summed E-state index contributed by atoms with van der Waals surface area (Å²) in [5, 5.41) is 11.6. The molecular formula is C14H23N5O. The van der Waals surface area contributed by atoms with E-state index in [4.69, 9.17) is 4.52 Å². The Hall–Kier alpha value is -1.69. The minimum atomic E-state index is 0.298. The monoisotopic (exact) mass is 277 g/mol. The van der Waals surface area contributed by atoms with E-state index in [0.717, 1.165) is 37.5 Å². The van der Waals surface area contributed by atoms with Gasteiger partial charge in [0.25, 0.3) is 0 Å². The Kier molecular flexibility index (Phi) is 5.29. The molecule has 6 heteroatoms. The van der Waals surface area contributed by atoms with Gasteiger partial charge in [-0.1, -0.05) is 18.5 Å². The lowest BCUT2D eigenvalue weighted by Gasteiger charge is -2.12. The second kappa shape index (κ2) is 7.19. The van der Waals surface area contributed by atoms with Crippen molar-refractivity contribution in [3.63, 3.8) is 0 Å². The third kappa shape index (κ3) is 4.45. The van der Waals surface area contributed by atoms with Crippen molar-refractivity contribution >= 4 is 0 Å². The van der Waals surface area contributed by atoms with Crippen LogP contribution in [0.1, 0.15) is 44.0 Å². The van der Waals surface area contributed by atoms with Crippen LogP contribution in [0.2, 0.25) is 0 Å². The van der Waals surface area contributed by atoms with E-state index in [9.17, 15) is 0 Å². The Morgan fingerprint density at radius 1 is 1.45 bits per heavy atom. The van der Waals surface area contributed by atoms with Gasteiger partial charge in [0, 0.05) is 18.7 Å². The van der Waals surface area contributed by atoms with Crippen LogP contribution < -0.4 is 5.32 Å². The molecule has 20 heavy (non-hydrogen) atoms. The number of nitrogens with one attached hydrogen (secondary N) is 1. The molecule has 1 N–H and O–H groups in total. The third-order valence-corrected chi connectivity index (χ3v) is 3.09. The van der Waals surface area contributed by atoms with E-state index in [1.165, 1.54) is 5.56 Å². The average molecular weight is 277 g/mol. The molecule has 0 fully saturated rings. The molecule has 110 valence electrons. The van der Waals surface area contributed by atoms with Crippen molar-refractivity contribution < 1.29 is 4.52 Å². The number of nitrogens with zero attached hydrogens (tertiary/aromatic N) is 4. The molecular weight excluding hydrogens is 254 g/mol. The first kappa shape index (κ1) is 14.7. The second-order valence-electron chi connectivity index (χ2n) is 5.23. The molecule has 0 unspecified atom stereocenters. The second-order valence-corrected chi connectivity index (χ2v) is 5.23. The van der Waals surface area contributed by atoms with Crippen LogP contribution in [0.3, 0.4) is 0 Å². The molecule has 0 spiro atoms. The fourth-order valence-electron chi connectivity index (χ4n) is 1.97. The molecule has 0 saturated carbocycles. The number of hydrogen-bond donors (Lipinski definition) is 1. The third-order valence-electron chi connectivity index (χ3n) is 3.09. The summed E-state index contributed by atoms with van der Waals surface area (Å²) in [6.07, 6.45) is 6.99. The lowest BCUT2D eigenvalue weighted by molar-refractivity contribution is 0.365. The van der Waals surface area contributed by atoms with Gasteiger partial charge in [0.1, 0.15) is 0 Å². The van der Waals surface area contributed by atoms with Gasteiger partial charge in [0.15, 0.2) is 5.82 Å². The maximum absolute atomic E-state index is 5.20. The van der Waals surface area contributed by atoms with Gasteiger partial charge in [-0.2, -0.15) is 10.1 Å². The van der Waals surface area contributed by atoms with E-state index < -0.39 is 0 Å². The molecule has 6 nitrogen and oxygen atoms in total. The quantitative estimate of drug-likeness (QED) is 0.800. The number of rotatable bonds is 8. The van der Waals surface area contributed by atoms with E-state index in [1.54, 1.807) is 0 Å². The molecule has 0 amide bonds. The van der Waals surface area contributed by atoms with Crippen molar-refractivity contribution in [1.82, 2.24) is 25.2 Å². The Labute approximate surface area is 119 Å². The molecule has 0 aliphatic carbocycles. The minimum absolute atomic E-state index is 0.298. The van der Waals surface area contributed by atoms with Gasteiger partial charge in [-0.3, -0.25) is 4.68 Å². The van der Waals surface area contributed by atoms with Gasteiger partial charge >= 0.3 is 0 Å². The van der Waals surface area contributed by atoms with Crippen LogP contribution in [0.15, 0.2) is 16.9 Å². The van der Waals surface area contributed by atoms with Crippen molar-refractivity contribution in [2.45, 2.75) is 59.2 Å². The van der Waals surface area contributed by atoms with E-state index in [-0.39, 0.29) is 0 Å². The topological polar surface area (TPSA) is 68.8 Å². The van der Waals surface area contributed by atoms with E-state index in [0.29, 0.717) is 12.6 Å². The lowest BCUT2D eigenvalue weighted by atomic mass is 10.2. The van der Waals surface area contributed by atoms with Gasteiger partial charge in [0.05, 0.1) is 19.3 Å². The van der Waals surface area contributed by atoms with Crippen LogP contribution in [0.25, 0.3) is 0 Å². The van der Waals surface area contributed by atoms with Crippen LogP contribution in [-0.2, 0) is 19.5 Å². The summed E-state index contributed by atoms with van der Waals surface area (Å²) in [5.74, 6) is 1.46. The molecule has 2 heterocycles. The summed E-state index contributed by atoms with van der Waals surface area (Å²) in [6, 6.07) is 0.298. The van der Waals surface area contributed by atoms with Gasteiger partial charge in [0.2, 0.25) is 5.89 Å². The first-order valence-electron chi connectivity index (χ1n) is 7.21. The van der Waals surface area contributed by atoms with E-state index in [2.05, 4.69) is 34.4 Å². The highest BCUT2D eigenvalue weighted by atomic mass is 16.5. The van der Waals surface area contributed by atoms with Crippen LogP contribution in [0, 0.1) is 6.92 Å². The number of hydrogen-bond acceptors (Lipinski definition) is 5. The zero-order valence-corrected chi connectivity index (χ0v) is 12.5. The standard InChI is InChI=1S/C14H23N5O/c1-4-5-6-14-17-13(18-20-14)8-15-12(3)10-19-9-11(2)7-16-19/h7,9,12,15H,4-6,8,10H2,1-3H3/t12-/m0/s1. The van der Waals surface area contributed by atoms with Crippen LogP contribution >= 0.6 is 0 Å². The molecule has 0 bridgehead atoms. The summed E-state index contributed by atoms with van der Waals surface area (Å²) in [7, 11) is 0. The first-order chi connectivity index (χ1) is 9.67. The molecule has 0 radical (unpaired) electrons. The summed E-state index contributed by atoms with van der Waals surface area (Å²) >= 11 is 0. The maximum Gasteiger partial charge on any atom is 0.226 e. The summed E-state index contributed by atoms with van der Waals surface area (Å²) < 4.78 is 7.14. The Morgan fingerprint density at radius 3 is 3.00 bits per heavy atom. The fraction of sp³-hybridized carbons (Fsp3) is 0.643. The molecule has 1 atom stereocenters. The van der Waals surface area contributed by atoms with Crippen LogP contribution in [0.5, 0.6) is 0 Å². The van der Waals surface area contributed by atoms with Crippen molar-refractivity contribution in [2.24, 2.45) is 0 Å². The van der Waals surface area contributed by atoms with Gasteiger partial charge < -0.3 is 9.84 Å². The maximum atomic E-state index is 5.20. The summed E-state index contributed by atoms with van der Waals surface area (Å²) in [5.41, 5.74) is 1.18. The van der Waals surface area contributed by atoms with Crippen molar-refractivity contribution in [3.8, 4) is 0 Å². The zero-order chi connectivity index (χ0) is 14.4. The predicted octanol–water partition coefficient (Wildman–Crippen LogP) is 2.10. The van der Waals surface area contributed by atoms with Crippen molar-refractivity contribution in [3.05, 3.63) is 29.7 Å². The highest BCUT2D eigenvalue weighted by Crippen LogP contribution is 2.03. The van der Waals surface area contributed by atoms with Gasteiger partial charge in [-0.25, -0.2) is 0 Å². The van der Waals surface area contributed by atoms with E-state index >= 15 is 0 Å². The number of aryl methyl sites for hydroxylation is 2. The molecule has 2 aromatic rings. The molecule has 2 aromatic heterocycles. The minimum Gasteiger partial charge on any atom is -0.339 e. The van der Waals surface area contributed by atoms with Gasteiger partial charge in [-0.05, 0) is 25.8 Å². The Balaban J connectivity index is 1.75. The van der Waals surface area contributed by atoms with Crippen molar-refractivity contribution in [1.29, 1.82) is 0 Å². The first-order valence-corrected chi connectivity index (χ1v) is 7.21. The van der Waals surface area contributed by atoms with Gasteiger partial charge in [-0.15, -0.1) is 0 Å². The summed E-state index contributed by atoms with van der Waals surface area (Å²) in [4.78, 5) is 4.37.